The van der Waals surface area contributed by atoms with Crippen molar-refractivity contribution in [3.05, 3.63) is 33.8 Å². The lowest BCUT2D eigenvalue weighted by atomic mass is 10.0. The summed E-state index contributed by atoms with van der Waals surface area (Å²) in [5.74, 6) is -0.240. The van der Waals surface area contributed by atoms with Gasteiger partial charge in [-0.25, -0.2) is 0 Å². The van der Waals surface area contributed by atoms with Gasteiger partial charge in [0.05, 0.1) is 7.11 Å². The van der Waals surface area contributed by atoms with Crippen LogP contribution in [-0.4, -0.2) is 19.1 Å². The third-order valence-corrected chi connectivity index (χ3v) is 3.77. The number of esters is 1. The van der Waals surface area contributed by atoms with Crippen molar-refractivity contribution in [3.63, 3.8) is 0 Å². The molecule has 0 saturated carbocycles. The maximum absolute atomic E-state index is 11.8. The van der Waals surface area contributed by atoms with Crippen LogP contribution in [0.2, 0.25) is 10.0 Å². The van der Waals surface area contributed by atoms with Crippen LogP contribution in [0.3, 0.4) is 0 Å². The Balaban J connectivity index is 2.78. The van der Waals surface area contributed by atoms with Crippen LogP contribution in [0, 0.1) is 0 Å². The summed E-state index contributed by atoms with van der Waals surface area (Å²) in [6.45, 7) is 4.06. The number of methoxy groups -OCH3 is 1. The third kappa shape index (κ3) is 4.97. The zero-order valence-electron chi connectivity index (χ0n) is 12.1. The first-order valence-corrected chi connectivity index (χ1v) is 7.54. The van der Waals surface area contributed by atoms with Crippen molar-refractivity contribution in [2.24, 2.45) is 0 Å². The van der Waals surface area contributed by atoms with Gasteiger partial charge >= 0.3 is 5.97 Å². The smallest absolute Gasteiger partial charge is 0.322 e. The van der Waals surface area contributed by atoms with E-state index in [2.05, 4.69) is 12.2 Å². The van der Waals surface area contributed by atoms with E-state index in [4.69, 9.17) is 27.9 Å². The summed E-state index contributed by atoms with van der Waals surface area (Å²) in [5.41, 5.74) is 0.918. The van der Waals surface area contributed by atoms with E-state index < -0.39 is 0 Å². The Kier molecular flexibility index (Phi) is 7.35. The molecule has 3 nitrogen and oxygen atoms in total. The number of hydrogen-bond donors (Lipinski definition) is 1. The molecule has 0 amide bonds. The fourth-order valence-electron chi connectivity index (χ4n) is 2.06. The van der Waals surface area contributed by atoms with Gasteiger partial charge in [0.25, 0.3) is 0 Å². The number of carbonyl (C=O) groups is 1. The maximum Gasteiger partial charge on any atom is 0.322 e. The molecule has 0 bridgehead atoms. The highest BCUT2D eigenvalue weighted by molar-refractivity contribution is 6.35. The Labute approximate surface area is 130 Å². The van der Waals surface area contributed by atoms with E-state index in [1.165, 1.54) is 7.11 Å². The van der Waals surface area contributed by atoms with Gasteiger partial charge < -0.3 is 4.74 Å². The molecule has 0 aliphatic rings. The summed E-state index contributed by atoms with van der Waals surface area (Å²) in [4.78, 5) is 11.8. The molecule has 1 N–H and O–H groups in total. The van der Waals surface area contributed by atoms with Crippen molar-refractivity contribution in [2.45, 2.75) is 45.2 Å². The van der Waals surface area contributed by atoms with Crippen molar-refractivity contribution < 1.29 is 9.53 Å². The van der Waals surface area contributed by atoms with E-state index in [0.29, 0.717) is 10.0 Å². The molecule has 0 aliphatic heterocycles. The molecular weight excluding hydrogens is 297 g/mol. The van der Waals surface area contributed by atoms with Crippen molar-refractivity contribution in [3.8, 4) is 0 Å². The molecule has 0 heterocycles. The van der Waals surface area contributed by atoms with Crippen LogP contribution in [0.1, 0.15) is 44.7 Å². The van der Waals surface area contributed by atoms with Gasteiger partial charge in [0, 0.05) is 16.1 Å². The third-order valence-electron chi connectivity index (χ3n) is 3.21. The molecule has 1 rings (SSSR count). The summed E-state index contributed by atoms with van der Waals surface area (Å²) < 4.78 is 4.84. The Hall–Kier alpha value is -0.770. The fourth-order valence-corrected chi connectivity index (χ4v) is 2.64. The molecule has 1 aromatic carbocycles. The van der Waals surface area contributed by atoms with Crippen LogP contribution in [-0.2, 0) is 9.53 Å². The lowest BCUT2D eigenvalue weighted by molar-refractivity contribution is -0.143. The first-order valence-electron chi connectivity index (χ1n) is 6.78. The van der Waals surface area contributed by atoms with Gasteiger partial charge in [0.1, 0.15) is 6.04 Å². The molecule has 0 radical (unpaired) electrons. The van der Waals surface area contributed by atoms with Crippen molar-refractivity contribution in [1.82, 2.24) is 5.32 Å². The number of ether oxygens (including phenoxy) is 1. The van der Waals surface area contributed by atoms with E-state index in [0.717, 1.165) is 24.8 Å². The van der Waals surface area contributed by atoms with Gasteiger partial charge in [-0.3, -0.25) is 10.1 Å². The van der Waals surface area contributed by atoms with Gasteiger partial charge in [-0.15, -0.1) is 0 Å². The molecule has 2 atom stereocenters. The molecule has 2 unspecified atom stereocenters. The highest BCUT2D eigenvalue weighted by atomic mass is 35.5. The van der Waals surface area contributed by atoms with Gasteiger partial charge in [-0.1, -0.05) is 49.0 Å². The Morgan fingerprint density at radius 2 is 2.10 bits per heavy atom. The van der Waals surface area contributed by atoms with E-state index in [1.807, 2.05) is 13.0 Å². The topological polar surface area (TPSA) is 38.3 Å². The molecule has 1 aromatic rings. The molecular formula is C15H21Cl2NO2. The zero-order chi connectivity index (χ0) is 15.1. The predicted octanol–water partition coefficient (Wildman–Crippen LogP) is 4.38. The van der Waals surface area contributed by atoms with Crippen LogP contribution in [0.5, 0.6) is 0 Å². The van der Waals surface area contributed by atoms with Crippen molar-refractivity contribution in [1.29, 1.82) is 0 Å². The number of hydrogen-bond acceptors (Lipinski definition) is 3. The van der Waals surface area contributed by atoms with Crippen LogP contribution in [0.15, 0.2) is 18.2 Å². The molecule has 0 saturated heterocycles. The predicted molar refractivity (Wildman–Crippen MR) is 83.3 cm³/mol. The second kappa shape index (κ2) is 8.50. The summed E-state index contributed by atoms with van der Waals surface area (Å²) in [5, 5.41) is 4.47. The monoisotopic (exact) mass is 317 g/mol. The first-order chi connectivity index (χ1) is 9.49. The van der Waals surface area contributed by atoms with Crippen LogP contribution in [0.4, 0.5) is 0 Å². The largest absolute Gasteiger partial charge is 0.468 e. The Morgan fingerprint density at radius 3 is 2.65 bits per heavy atom. The highest BCUT2D eigenvalue weighted by Crippen LogP contribution is 2.26. The Bertz CT molecular complexity index is 451. The SMILES string of the molecule is CCCCC(NC(C)c1ccc(Cl)cc1Cl)C(=O)OC. The molecule has 20 heavy (non-hydrogen) atoms. The number of halogens is 2. The number of rotatable bonds is 7. The second-order valence-corrected chi connectivity index (χ2v) is 5.62. The molecule has 112 valence electrons. The van der Waals surface area contributed by atoms with E-state index in [-0.39, 0.29) is 18.1 Å². The average molecular weight is 318 g/mol. The number of unbranched alkanes of at least 4 members (excludes halogenated alkanes) is 1. The minimum Gasteiger partial charge on any atom is -0.468 e. The molecule has 0 aliphatic carbocycles. The first kappa shape index (κ1) is 17.3. The van der Waals surface area contributed by atoms with Gasteiger partial charge in [0.15, 0.2) is 0 Å². The standard InChI is InChI=1S/C15H21Cl2NO2/c1-4-5-6-14(15(19)20-3)18-10(2)12-8-7-11(16)9-13(12)17/h7-10,14,18H,4-6H2,1-3H3. The minimum absolute atomic E-state index is 0.0549. The molecule has 0 aromatic heterocycles. The van der Waals surface area contributed by atoms with Gasteiger partial charge in [0.2, 0.25) is 0 Å². The summed E-state index contributed by atoms with van der Waals surface area (Å²) in [6.07, 6.45) is 2.75. The van der Waals surface area contributed by atoms with E-state index >= 15 is 0 Å². The highest BCUT2D eigenvalue weighted by Gasteiger charge is 2.22. The van der Waals surface area contributed by atoms with Crippen LogP contribution < -0.4 is 5.32 Å². The Morgan fingerprint density at radius 1 is 1.40 bits per heavy atom. The van der Waals surface area contributed by atoms with Gasteiger partial charge in [-0.05, 0) is 31.0 Å². The average Bonchev–Trinajstić information content (AvgIpc) is 2.42. The summed E-state index contributed by atoms with van der Waals surface area (Å²) in [7, 11) is 1.41. The summed E-state index contributed by atoms with van der Waals surface area (Å²) in [6, 6.07) is 4.99. The lowest BCUT2D eigenvalue weighted by Gasteiger charge is -2.22. The van der Waals surface area contributed by atoms with E-state index in [9.17, 15) is 4.79 Å². The second-order valence-electron chi connectivity index (χ2n) is 4.77. The molecule has 0 spiro atoms. The van der Waals surface area contributed by atoms with Gasteiger partial charge in [-0.2, -0.15) is 0 Å². The van der Waals surface area contributed by atoms with Crippen LogP contribution >= 0.6 is 23.2 Å². The quantitative estimate of drug-likeness (QED) is 0.758. The lowest BCUT2D eigenvalue weighted by Crippen LogP contribution is -2.39. The molecule has 5 heteroatoms. The van der Waals surface area contributed by atoms with Crippen LogP contribution in [0.25, 0.3) is 0 Å². The molecule has 0 fully saturated rings. The van der Waals surface area contributed by atoms with Crippen molar-refractivity contribution in [2.75, 3.05) is 7.11 Å². The summed E-state index contributed by atoms with van der Waals surface area (Å²) >= 11 is 12.1. The number of benzene rings is 1. The zero-order valence-corrected chi connectivity index (χ0v) is 13.6. The maximum atomic E-state index is 11.8. The van der Waals surface area contributed by atoms with E-state index in [1.54, 1.807) is 12.1 Å². The number of carbonyl (C=O) groups excluding carboxylic acids is 1. The fraction of sp³-hybridized carbons (Fsp3) is 0.533. The minimum atomic E-state index is -0.318. The normalized spacial score (nSPS) is 13.8. The van der Waals surface area contributed by atoms with Crippen molar-refractivity contribution >= 4 is 29.2 Å². The number of nitrogens with one attached hydrogen (secondary N) is 1.